The molecule has 1 saturated heterocycles. The molecule has 2 heterocycles. The van der Waals surface area contributed by atoms with Crippen molar-refractivity contribution < 1.29 is 19.6 Å². The predicted molar refractivity (Wildman–Crippen MR) is 111 cm³/mol. The minimum Gasteiger partial charge on any atom is -0.507 e. The molecular weight excluding hydrogens is 400 g/mol. The molecule has 0 saturated carbocycles. The number of aromatic nitrogens is 2. The number of aryl methyl sites for hydroxylation is 1. The van der Waals surface area contributed by atoms with Crippen molar-refractivity contribution in [2.45, 2.75) is 13.0 Å². The van der Waals surface area contributed by atoms with Crippen LogP contribution < -0.4 is 4.90 Å². The molecule has 0 radical (unpaired) electrons. The van der Waals surface area contributed by atoms with Gasteiger partial charge in [-0.1, -0.05) is 29.8 Å². The number of amides is 1. The van der Waals surface area contributed by atoms with Gasteiger partial charge < -0.3 is 5.11 Å². The van der Waals surface area contributed by atoms with E-state index in [2.05, 4.69) is 9.97 Å². The van der Waals surface area contributed by atoms with Gasteiger partial charge in [0.1, 0.15) is 5.76 Å². The second kappa shape index (κ2) is 7.79. The van der Waals surface area contributed by atoms with E-state index in [1.807, 2.05) is 6.92 Å². The molecule has 1 aromatic heterocycles. The van der Waals surface area contributed by atoms with Crippen molar-refractivity contribution in [3.63, 3.8) is 0 Å². The molecule has 1 atom stereocenters. The molecule has 0 bridgehead atoms. The Hall–Kier alpha value is -4.40. The van der Waals surface area contributed by atoms with Crippen molar-refractivity contribution in [3.05, 3.63) is 99.4 Å². The first-order valence-corrected chi connectivity index (χ1v) is 9.28. The number of aliphatic hydroxyl groups excluding tert-OH is 1. The zero-order valence-corrected chi connectivity index (χ0v) is 16.3. The molecule has 0 unspecified atom stereocenters. The monoisotopic (exact) mass is 416 g/mol. The number of aliphatic hydroxyl groups is 1. The predicted octanol–water partition coefficient (Wildman–Crippen LogP) is 3.32. The molecule has 3 aromatic rings. The summed E-state index contributed by atoms with van der Waals surface area (Å²) in [4.78, 5) is 45.6. The highest BCUT2D eigenvalue weighted by Crippen LogP contribution is 2.41. The summed E-state index contributed by atoms with van der Waals surface area (Å²) in [6.07, 6.45) is 2.85. The Morgan fingerprint density at radius 2 is 1.65 bits per heavy atom. The van der Waals surface area contributed by atoms with Crippen LogP contribution in [0.3, 0.4) is 0 Å². The minimum atomic E-state index is -1.05. The molecule has 1 amide bonds. The summed E-state index contributed by atoms with van der Waals surface area (Å²) in [5.41, 5.74) is 1.43. The number of nitro benzene ring substituents is 1. The second-order valence-electron chi connectivity index (χ2n) is 6.93. The zero-order valence-electron chi connectivity index (χ0n) is 16.3. The molecule has 1 aliphatic rings. The first kappa shape index (κ1) is 19.9. The second-order valence-corrected chi connectivity index (χ2v) is 6.93. The maximum atomic E-state index is 13.0. The lowest BCUT2D eigenvalue weighted by Gasteiger charge is -2.23. The van der Waals surface area contributed by atoms with Crippen LogP contribution in [0.15, 0.2) is 72.6 Å². The van der Waals surface area contributed by atoms with Crippen LogP contribution >= 0.6 is 0 Å². The van der Waals surface area contributed by atoms with Crippen molar-refractivity contribution in [2.75, 3.05) is 4.90 Å². The van der Waals surface area contributed by atoms with Gasteiger partial charge in [-0.15, -0.1) is 0 Å². The van der Waals surface area contributed by atoms with Gasteiger partial charge in [-0.2, -0.15) is 0 Å². The molecule has 1 N–H and O–H groups in total. The number of rotatable bonds is 4. The first-order chi connectivity index (χ1) is 14.9. The SMILES string of the molecule is Cc1ccc(C(O)=C2C(=O)C(=O)N(c3ncccn3)[C@H]2c2ccc([N+](=O)[O-])cc2)cc1. The van der Waals surface area contributed by atoms with Gasteiger partial charge in [-0.05, 0) is 30.7 Å². The number of Topliss-reactive ketones (excluding diaryl/α,β-unsaturated/α-hetero) is 1. The third-order valence-corrected chi connectivity index (χ3v) is 4.96. The Balaban J connectivity index is 1.92. The number of anilines is 1. The Morgan fingerprint density at radius 1 is 1.03 bits per heavy atom. The van der Waals surface area contributed by atoms with Gasteiger partial charge in [0.05, 0.1) is 16.5 Å². The summed E-state index contributed by atoms with van der Waals surface area (Å²) in [6.45, 7) is 1.88. The first-order valence-electron chi connectivity index (χ1n) is 9.28. The van der Waals surface area contributed by atoms with E-state index in [1.165, 1.54) is 36.7 Å². The molecule has 4 rings (SSSR count). The molecule has 1 aliphatic heterocycles. The lowest BCUT2D eigenvalue weighted by Crippen LogP contribution is -2.31. The van der Waals surface area contributed by atoms with E-state index in [1.54, 1.807) is 30.3 Å². The fourth-order valence-corrected chi connectivity index (χ4v) is 3.42. The van der Waals surface area contributed by atoms with E-state index >= 15 is 0 Å². The van der Waals surface area contributed by atoms with Crippen LogP contribution in [0.25, 0.3) is 5.76 Å². The van der Waals surface area contributed by atoms with E-state index in [0.717, 1.165) is 10.5 Å². The number of benzene rings is 2. The molecule has 1 fully saturated rings. The molecular formula is C22H16N4O5. The highest BCUT2D eigenvalue weighted by molar-refractivity contribution is 6.51. The van der Waals surface area contributed by atoms with Crippen molar-refractivity contribution >= 4 is 29.1 Å². The van der Waals surface area contributed by atoms with Crippen molar-refractivity contribution in [3.8, 4) is 0 Å². The van der Waals surface area contributed by atoms with E-state index < -0.39 is 22.7 Å². The van der Waals surface area contributed by atoms with Gasteiger partial charge in [-0.3, -0.25) is 24.6 Å². The van der Waals surface area contributed by atoms with Crippen LogP contribution in [0.5, 0.6) is 0 Å². The minimum absolute atomic E-state index is 0.0177. The third kappa shape index (κ3) is 3.52. The van der Waals surface area contributed by atoms with Gasteiger partial charge >= 0.3 is 5.91 Å². The maximum absolute atomic E-state index is 13.0. The van der Waals surface area contributed by atoms with Gasteiger partial charge in [0, 0.05) is 30.1 Å². The lowest BCUT2D eigenvalue weighted by atomic mass is 9.95. The summed E-state index contributed by atoms with van der Waals surface area (Å²) >= 11 is 0. The molecule has 0 spiro atoms. The average Bonchev–Trinajstić information content (AvgIpc) is 3.05. The number of carbonyl (C=O) groups is 2. The van der Waals surface area contributed by atoms with Crippen LogP contribution in [0.1, 0.15) is 22.7 Å². The third-order valence-electron chi connectivity index (χ3n) is 4.96. The Kier molecular flexibility index (Phi) is 5.00. The van der Waals surface area contributed by atoms with Gasteiger partial charge in [0.15, 0.2) is 0 Å². The number of ketones is 1. The summed E-state index contributed by atoms with van der Waals surface area (Å²) in [5, 5.41) is 22.0. The van der Waals surface area contributed by atoms with Crippen molar-refractivity contribution in [2.24, 2.45) is 0 Å². The normalized spacial score (nSPS) is 17.7. The van der Waals surface area contributed by atoms with E-state index in [-0.39, 0.29) is 23.0 Å². The van der Waals surface area contributed by atoms with E-state index in [0.29, 0.717) is 11.1 Å². The highest BCUT2D eigenvalue weighted by atomic mass is 16.6. The van der Waals surface area contributed by atoms with E-state index in [4.69, 9.17) is 0 Å². The molecule has 0 aliphatic carbocycles. The smallest absolute Gasteiger partial charge is 0.302 e. The zero-order chi connectivity index (χ0) is 22.1. The quantitative estimate of drug-likeness (QED) is 0.227. The molecule has 2 aromatic carbocycles. The number of carbonyl (C=O) groups excluding carboxylic acids is 2. The van der Waals surface area contributed by atoms with Crippen LogP contribution in [0.4, 0.5) is 11.6 Å². The Morgan fingerprint density at radius 3 is 2.23 bits per heavy atom. The standard InChI is InChI=1S/C22H16N4O5/c1-13-3-5-15(6-4-13)19(27)17-18(14-7-9-16(10-8-14)26(30)31)25(21(29)20(17)28)22-23-11-2-12-24-22/h2-12,18,27H,1H3/t18-/m0/s1. The summed E-state index contributed by atoms with van der Waals surface area (Å²) in [5.74, 6) is -2.16. The van der Waals surface area contributed by atoms with Crippen LogP contribution in [0.2, 0.25) is 0 Å². The van der Waals surface area contributed by atoms with Crippen molar-refractivity contribution in [1.29, 1.82) is 0 Å². The molecule has 31 heavy (non-hydrogen) atoms. The van der Waals surface area contributed by atoms with Crippen LogP contribution in [-0.4, -0.2) is 31.7 Å². The van der Waals surface area contributed by atoms with Gasteiger partial charge in [0.25, 0.3) is 11.5 Å². The Labute approximate surface area is 176 Å². The largest absolute Gasteiger partial charge is 0.507 e. The maximum Gasteiger partial charge on any atom is 0.302 e. The van der Waals surface area contributed by atoms with Crippen molar-refractivity contribution in [1.82, 2.24) is 9.97 Å². The summed E-state index contributed by atoms with van der Waals surface area (Å²) < 4.78 is 0. The van der Waals surface area contributed by atoms with Crippen LogP contribution in [0, 0.1) is 17.0 Å². The van der Waals surface area contributed by atoms with E-state index in [9.17, 15) is 24.8 Å². The van der Waals surface area contributed by atoms with Crippen LogP contribution in [-0.2, 0) is 9.59 Å². The fraction of sp³-hybridized carbons (Fsp3) is 0.0909. The fourth-order valence-electron chi connectivity index (χ4n) is 3.42. The summed E-state index contributed by atoms with van der Waals surface area (Å²) in [6, 6.07) is 12.8. The van der Waals surface area contributed by atoms with Gasteiger partial charge in [0.2, 0.25) is 5.95 Å². The van der Waals surface area contributed by atoms with Gasteiger partial charge in [-0.25, -0.2) is 9.97 Å². The summed E-state index contributed by atoms with van der Waals surface area (Å²) in [7, 11) is 0. The molecule has 154 valence electrons. The lowest BCUT2D eigenvalue weighted by molar-refractivity contribution is -0.384. The number of non-ortho nitro benzene ring substituents is 1. The Bertz CT molecular complexity index is 1200. The number of nitrogens with zero attached hydrogens (tertiary/aromatic N) is 4. The molecule has 9 heteroatoms. The topological polar surface area (TPSA) is 127 Å². The number of nitro groups is 1. The number of hydrogen-bond acceptors (Lipinski definition) is 7. The average molecular weight is 416 g/mol. The molecule has 9 nitrogen and oxygen atoms in total. The highest BCUT2D eigenvalue weighted by Gasteiger charge is 2.48. The number of hydrogen-bond donors (Lipinski definition) is 1.